The lowest BCUT2D eigenvalue weighted by Gasteiger charge is -2.36. The Morgan fingerprint density at radius 1 is 1.21 bits per heavy atom. The normalized spacial score (nSPS) is 22.3. The second-order valence-corrected chi connectivity index (χ2v) is 8.34. The summed E-state index contributed by atoms with van der Waals surface area (Å²) in [5.41, 5.74) is 1.11. The summed E-state index contributed by atoms with van der Waals surface area (Å²) in [6.45, 7) is 2.00. The van der Waals surface area contributed by atoms with Crippen LogP contribution in [0.4, 0.5) is 4.79 Å². The molecule has 0 radical (unpaired) electrons. The summed E-state index contributed by atoms with van der Waals surface area (Å²) in [6, 6.07) is 5.84. The van der Waals surface area contributed by atoms with Gasteiger partial charge in [-0.3, -0.25) is 24.1 Å². The molecule has 0 unspecified atom stereocenters. The van der Waals surface area contributed by atoms with Gasteiger partial charge in [0.15, 0.2) is 11.2 Å². The van der Waals surface area contributed by atoms with Crippen molar-refractivity contribution in [3.63, 3.8) is 0 Å². The van der Waals surface area contributed by atoms with Gasteiger partial charge in [-0.15, -0.1) is 0 Å². The number of carbonyl (C=O) groups is 3. The molecule has 2 heterocycles. The molecule has 1 saturated carbocycles. The molecule has 0 bridgehead atoms. The Morgan fingerprint density at radius 3 is 2.72 bits per heavy atom. The Hall–Kier alpha value is -2.61. The van der Waals surface area contributed by atoms with Crippen molar-refractivity contribution in [2.45, 2.75) is 51.1 Å². The predicted molar refractivity (Wildman–Crippen MR) is 110 cm³/mol. The van der Waals surface area contributed by atoms with Gasteiger partial charge in [0.25, 0.3) is 11.1 Å². The average Bonchev–Trinajstić information content (AvgIpc) is 3.06. The summed E-state index contributed by atoms with van der Waals surface area (Å²) >= 11 is 0.996. The topological polar surface area (TPSA) is 96.7 Å². The lowest BCUT2D eigenvalue weighted by molar-refractivity contribution is -0.127. The van der Waals surface area contributed by atoms with E-state index in [1.54, 1.807) is 12.1 Å². The van der Waals surface area contributed by atoms with Crippen LogP contribution >= 0.6 is 11.8 Å². The fourth-order valence-corrected chi connectivity index (χ4v) is 4.81. The number of amides is 3. The predicted octanol–water partition coefficient (Wildman–Crippen LogP) is 3.09. The van der Waals surface area contributed by atoms with E-state index in [-0.39, 0.29) is 40.2 Å². The van der Waals surface area contributed by atoms with Gasteiger partial charge in [0.1, 0.15) is 5.58 Å². The number of nitrogens with one attached hydrogen (secondary N) is 1. The van der Waals surface area contributed by atoms with Gasteiger partial charge in [0.05, 0.1) is 23.2 Å². The van der Waals surface area contributed by atoms with Crippen molar-refractivity contribution in [1.82, 2.24) is 10.2 Å². The zero-order valence-electron chi connectivity index (χ0n) is 16.1. The molecule has 7 nitrogen and oxygen atoms in total. The monoisotopic (exact) mass is 414 g/mol. The van der Waals surface area contributed by atoms with Crippen LogP contribution in [0.2, 0.25) is 0 Å². The minimum atomic E-state index is -0.507. The molecule has 1 aromatic carbocycles. The molecule has 2 aromatic rings. The van der Waals surface area contributed by atoms with E-state index in [0.717, 1.165) is 36.6 Å². The first-order valence-corrected chi connectivity index (χ1v) is 10.8. The molecule has 2 atom stereocenters. The van der Waals surface area contributed by atoms with Gasteiger partial charge in [-0.1, -0.05) is 37.6 Å². The summed E-state index contributed by atoms with van der Waals surface area (Å²) in [5, 5.41) is 3.08. The molecule has 1 saturated heterocycles. The maximum absolute atomic E-state index is 12.8. The number of thioether (sulfide) groups is 1. The smallest absolute Gasteiger partial charge is 0.289 e. The van der Waals surface area contributed by atoms with E-state index in [4.69, 9.17) is 4.42 Å². The van der Waals surface area contributed by atoms with Crippen molar-refractivity contribution in [2.75, 3.05) is 5.75 Å². The SMILES string of the molecule is CCc1ccc2oc(C(=O)N[C@@H]3CCCC[C@@H]3N3C(=O)CSC3=O)cc(=O)c2c1. The minimum Gasteiger partial charge on any atom is -0.451 e. The van der Waals surface area contributed by atoms with Crippen molar-refractivity contribution in [3.8, 4) is 0 Å². The number of aryl methyl sites for hydroxylation is 1. The van der Waals surface area contributed by atoms with Crippen LogP contribution in [-0.4, -0.2) is 39.8 Å². The first-order valence-electron chi connectivity index (χ1n) is 9.84. The molecule has 2 fully saturated rings. The standard InChI is InChI=1S/C21H22N2O5S/c1-2-12-7-8-17-13(9-12)16(24)10-18(28-17)20(26)22-14-5-3-4-6-15(14)23-19(25)11-29-21(23)27/h7-10,14-15H,2-6,11H2,1H3,(H,22,26)/t14-,15+/m1/s1. The van der Waals surface area contributed by atoms with Crippen LogP contribution in [0.3, 0.4) is 0 Å². The molecule has 1 aromatic heterocycles. The van der Waals surface area contributed by atoms with Gasteiger partial charge >= 0.3 is 0 Å². The molecular formula is C21H22N2O5S. The fraction of sp³-hybridized carbons (Fsp3) is 0.429. The van der Waals surface area contributed by atoms with Crippen LogP contribution < -0.4 is 10.7 Å². The summed E-state index contributed by atoms with van der Waals surface area (Å²) in [4.78, 5) is 50.9. The third-order valence-corrected chi connectivity index (χ3v) is 6.42. The van der Waals surface area contributed by atoms with Crippen molar-refractivity contribution in [1.29, 1.82) is 0 Å². The fourth-order valence-electron chi connectivity index (χ4n) is 4.05. The molecular weight excluding hydrogens is 392 g/mol. The Morgan fingerprint density at radius 2 is 2.00 bits per heavy atom. The third-order valence-electron chi connectivity index (χ3n) is 5.59. The highest BCUT2D eigenvalue weighted by atomic mass is 32.2. The lowest BCUT2D eigenvalue weighted by Crippen LogP contribution is -2.54. The van der Waals surface area contributed by atoms with Crippen LogP contribution in [0.1, 0.15) is 48.7 Å². The molecule has 1 aliphatic carbocycles. The lowest BCUT2D eigenvalue weighted by atomic mass is 9.89. The maximum atomic E-state index is 12.8. The van der Waals surface area contributed by atoms with Crippen molar-refractivity contribution < 1.29 is 18.8 Å². The van der Waals surface area contributed by atoms with E-state index in [2.05, 4.69) is 5.32 Å². The average molecular weight is 414 g/mol. The third kappa shape index (κ3) is 3.81. The van der Waals surface area contributed by atoms with E-state index in [1.165, 1.54) is 11.0 Å². The summed E-state index contributed by atoms with van der Waals surface area (Å²) in [5.74, 6) is -0.637. The Kier molecular flexibility index (Phi) is 5.45. The van der Waals surface area contributed by atoms with Gasteiger partial charge in [0, 0.05) is 6.07 Å². The molecule has 29 heavy (non-hydrogen) atoms. The number of hydrogen-bond donors (Lipinski definition) is 1. The number of carbonyl (C=O) groups excluding carboxylic acids is 3. The van der Waals surface area contributed by atoms with Gasteiger partial charge in [0.2, 0.25) is 5.91 Å². The number of fused-ring (bicyclic) bond motifs is 1. The van der Waals surface area contributed by atoms with Gasteiger partial charge in [-0.25, -0.2) is 0 Å². The molecule has 2 aliphatic rings. The van der Waals surface area contributed by atoms with E-state index >= 15 is 0 Å². The van der Waals surface area contributed by atoms with E-state index in [1.807, 2.05) is 13.0 Å². The minimum absolute atomic E-state index is 0.0653. The Bertz CT molecular complexity index is 1030. The molecule has 1 N–H and O–H groups in total. The van der Waals surface area contributed by atoms with E-state index < -0.39 is 5.91 Å². The maximum Gasteiger partial charge on any atom is 0.289 e. The van der Waals surface area contributed by atoms with Crippen molar-refractivity contribution in [3.05, 3.63) is 45.8 Å². The molecule has 8 heteroatoms. The number of rotatable bonds is 4. The summed E-state index contributed by atoms with van der Waals surface area (Å²) in [6.07, 6.45) is 3.91. The number of imide groups is 1. The van der Waals surface area contributed by atoms with Gasteiger partial charge in [-0.2, -0.15) is 0 Å². The number of hydrogen-bond acceptors (Lipinski definition) is 6. The number of benzene rings is 1. The Labute approximate surface area is 171 Å². The second kappa shape index (κ2) is 8.02. The van der Waals surface area contributed by atoms with Crippen molar-refractivity contribution in [2.24, 2.45) is 0 Å². The highest BCUT2D eigenvalue weighted by Gasteiger charge is 2.41. The van der Waals surface area contributed by atoms with Crippen LogP contribution in [0, 0.1) is 0 Å². The van der Waals surface area contributed by atoms with Crippen molar-refractivity contribution >= 4 is 39.8 Å². The number of nitrogens with zero attached hydrogens (tertiary/aromatic N) is 1. The van der Waals surface area contributed by atoms with Gasteiger partial charge < -0.3 is 9.73 Å². The van der Waals surface area contributed by atoms with E-state index in [9.17, 15) is 19.2 Å². The van der Waals surface area contributed by atoms with Crippen LogP contribution in [0.25, 0.3) is 11.0 Å². The van der Waals surface area contributed by atoms with Gasteiger partial charge in [-0.05, 0) is 37.0 Å². The summed E-state index contributed by atoms with van der Waals surface area (Å²) < 4.78 is 5.68. The molecule has 4 rings (SSSR count). The first-order chi connectivity index (χ1) is 14.0. The molecule has 0 spiro atoms. The largest absolute Gasteiger partial charge is 0.451 e. The summed E-state index contributed by atoms with van der Waals surface area (Å²) in [7, 11) is 0. The molecule has 152 valence electrons. The Balaban J connectivity index is 1.58. The molecule has 1 aliphatic heterocycles. The van der Waals surface area contributed by atoms with E-state index in [0.29, 0.717) is 23.8 Å². The zero-order valence-corrected chi connectivity index (χ0v) is 16.9. The van der Waals surface area contributed by atoms with Crippen LogP contribution in [0.5, 0.6) is 0 Å². The highest BCUT2D eigenvalue weighted by molar-refractivity contribution is 8.14. The highest BCUT2D eigenvalue weighted by Crippen LogP contribution is 2.30. The quantitative estimate of drug-likeness (QED) is 0.826. The zero-order chi connectivity index (χ0) is 20.5. The van der Waals surface area contributed by atoms with Crippen LogP contribution in [-0.2, 0) is 11.2 Å². The second-order valence-electron chi connectivity index (χ2n) is 7.41. The van der Waals surface area contributed by atoms with Crippen LogP contribution in [0.15, 0.2) is 33.5 Å². The molecule has 3 amide bonds. The first kappa shape index (κ1) is 19.7.